The quantitative estimate of drug-likeness (QED) is 0.688. The molecule has 0 aliphatic carbocycles. The van der Waals surface area contributed by atoms with Gasteiger partial charge in [0.25, 0.3) is 0 Å². The Kier molecular flexibility index (Phi) is 2.56. The van der Waals surface area contributed by atoms with Gasteiger partial charge in [-0.1, -0.05) is 11.6 Å². The number of hydrogen-bond acceptors (Lipinski definition) is 2. The van der Waals surface area contributed by atoms with Crippen LogP contribution in [-0.4, -0.2) is 34.6 Å². The van der Waals surface area contributed by atoms with Crippen LogP contribution >= 0.6 is 11.6 Å². The minimum absolute atomic E-state index is 0.508. The third kappa shape index (κ3) is 1.86. The van der Waals surface area contributed by atoms with Gasteiger partial charge in [-0.25, -0.2) is 4.98 Å². The highest BCUT2D eigenvalue weighted by Crippen LogP contribution is 2.23. The number of nitrogens with zero attached hydrogens (tertiary/aromatic N) is 3. The molecule has 0 N–H and O–H groups in total. The van der Waals surface area contributed by atoms with E-state index in [0.717, 1.165) is 11.7 Å². The van der Waals surface area contributed by atoms with Gasteiger partial charge < -0.3 is 9.47 Å². The molecule has 1 saturated heterocycles. The second-order valence-corrected chi connectivity index (χ2v) is 4.07. The first-order valence-electron chi connectivity index (χ1n) is 4.63. The van der Waals surface area contributed by atoms with Crippen LogP contribution in [0.15, 0.2) is 12.5 Å². The summed E-state index contributed by atoms with van der Waals surface area (Å²) in [5, 5.41) is 0.750. The van der Waals surface area contributed by atoms with Gasteiger partial charge in [-0.3, -0.25) is 0 Å². The molecule has 0 radical (unpaired) electrons. The van der Waals surface area contributed by atoms with Crippen molar-refractivity contribution in [3.8, 4) is 0 Å². The third-order valence-electron chi connectivity index (χ3n) is 2.61. The number of halogens is 1. The Morgan fingerprint density at radius 2 is 2.46 bits per heavy atom. The van der Waals surface area contributed by atoms with E-state index in [9.17, 15) is 0 Å². The molecule has 3 nitrogen and oxygen atoms in total. The molecule has 2 heterocycles. The Bertz CT molecular complexity index is 284. The highest BCUT2D eigenvalue weighted by molar-refractivity contribution is 6.29. The molecule has 0 spiro atoms. The summed E-state index contributed by atoms with van der Waals surface area (Å²) >= 11 is 6.00. The number of rotatable bonds is 1. The van der Waals surface area contributed by atoms with Crippen LogP contribution in [0, 0.1) is 0 Å². The fourth-order valence-corrected chi connectivity index (χ4v) is 2.16. The number of hydrogen-bond donors (Lipinski definition) is 0. The lowest BCUT2D eigenvalue weighted by atomic mass is 10.1. The molecule has 1 aliphatic heterocycles. The van der Waals surface area contributed by atoms with Crippen LogP contribution in [0.25, 0.3) is 0 Å². The summed E-state index contributed by atoms with van der Waals surface area (Å²) in [6.07, 6.45) is 5.98. The van der Waals surface area contributed by atoms with Gasteiger partial charge in [0.15, 0.2) is 0 Å². The van der Waals surface area contributed by atoms with Crippen molar-refractivity contribution in [2.45, 2.75) is 18.9 Å². The summed E-state index contributed by atoms with van der Waals surface area (Å²) in [4.78, 5) is 6.37. The molecule has 4 heteroatoms. The molecule has 1 unspecified atom stereocenters. The molecular weight excluding hydrogens is 186 g/mol. The van der Waals surface area contributed by atoms with Crippen LogP contribution in [0.1, 0.15) is 18.9 Å². The molecule has 0 amide bonds. The number of imidazole rings is 1. The zero-order valence-corrected chi connectivity index (χ0v) is 8.54. The Labute approximate surface area is 83.3 Å². The highest BCUT2D eigenvalue weighted by Gasteiger charge is 2.19. The summed E-state index contributed by atoms with van der Waals surface area (Å²) in [6.45, 7) is 2.28. The largest absolute Gasteiger partial charge is 0.317 e. The van der Waals surface area contributed by atoms with Crippen molar-refractivity contribution in [1.29, 1.82) is 0 Å². The van der Waals surface area contributed by atoms with Crippen molar-refractivity contribution in [3.63, 3.8) is 0 Å². The minimum Gasteiger partial charge on any atom is -0.317 e. The van der Waals surface area contributed by atoms with Crippen LogP contribution in [0.3, 0.4) is 0 Å². The van der Waals surface area contributed by atoms with Gasteiger partial charge in [-0.05, 0) is 26.4 Å². The summed E-state index contributed by atoms with van der Waals surface area (Å²) in [6, 6.07) is 0.508. The van der Waals surface area contributed by atoms with Crippen molar-refractivity contribution in [3.05, 3.63) is 17.7 Å². The fraction of sp³-hybridized carbons (Fsp3) is 0.667. The zero-order chi connectivity index (χ0) is 9.26. The van der Waals surface area contributed by atoms with E-state index in [1.807, 2.05) is 6.33 Å². The number of likely N-dealkylation sites (N-methyl/N-ethyl adjacent to an activating group) is 1. The van der Waals surface area contributed by atoms with Crippen molar-refractivity contribution in [2.75, 3.05) is 20.1 Å². The zero-order valence-electron chi connectivity index (χ0n) is 7.78. The lowest BCUT2D eigenvalue weighted by molar-refractivity contribution is 0.212. The second-order valence-electron chi connectivity index (χ2n) is 3.68. The number of piperidine rings is 1. The molecule has 72 valence electrons. The van der Waals surface area contributed by atoms with Crippen LogP contribution in [-0.2, 0) is 0 Å². The van der Waals surface area contributed by atoms with E-state index in [0.29, 0.717) is 6.04 Å². The van der Waals surface area contributed by atoms with Gasteiger partial charge in [-0.2, -0.15) is 0 Å². The molecule has 13 heavy (non-hydrogen) atoms. The topological polar surface area (TPSA) is 21.1 Å². The highest BCUT2D eigenvalue weighted by atomic mass is 35.5. The van der Waals surface area contributed by atoms with E-state index >= 15 is 0 Å². The monoisotopic (exact) mass is 199 g/mol. The second kappa shape index (κ2) is 3.68. The average Bonchev–Trinajstić information content (AvgIpc) is 2.51. The molecule has 2 rings (SSSR count). The Morgan fingerprint density at radius 3 is 3.08 bits per heavy atom. The average molecular weight is 200 g/mol. The van der Waals surface area contributed by atoms with Crippen LogP contribution in [0.2, 0.25) is 5.15 Å². The molecule has 1 aromatic rings. The van der Waals surface area contributed by atoms with Crippen molar-refractivity contribution >= 4 is 11.6 Å². The SMILES string of the molecule is CN1CCCC(n2cncc2Cl)C1. The number of aromatic nitrogens is 2. The summed E-state index contributed by atoms with van der Waals surface area (Å²) in [7, 11) is 2.15. The number of likely N-dealkylation sites (tertiary alicyclic amines) is 1. The maximum Gasteiger partial charge on any atom is 0.128 e. The van der Waals surface area contributed by atoms with Crippen molar-refractivity contribution in [2.24, 2.45) is 0 Å². The summed E-state index contributed by atoms with van der Waals surface area (Å²) in [5.41, 5.74) is 0. The van der Waals surface area contributed by atoms with Gasteiger partial charge in [0.05, 0.1) is 12.5 Å². The fourth-order valence-electron chi connectivity index (χ4n) is 1.92. The molecule has 1 aliphatic rings. The van der Waals surface area contributed by atoms with E-state index in [2.05, 4.69) is 21.5 Å². The van der Waals surface area contributed by atoms with Gasteiger partial charge in [-0.15, -0.1) is 0 Å². The Balaban J connectivity index is 2.12. The van der Waals surface area contributed by atoms with Crippen molar-refractivity contribution in [1.82, 2.24) is 14.5 Å². The molecule has 0 bridgehead atoms. The lowest BCUT2D eigenvalue weighted by Crippen LogP contribution is -2.33. The van der Waals surface area contributed by atoms with Crippen LogP contribution in [0.5, 0.6) is 0 Å². The normalized spacial score (nSPS) is 24.9. The smallest absolute Gasteiger partial charge is 0.128 e. The molecule has 1 fully saturated rings. The predicted molar refractivity (Wildman–Crippen MR) is 53.0 cm³/mol. The van der Waals surface area contributed by atoms with E-state index in [-0.39, 0.29) is 0 Å². The Morgan fingerprint density at radius 1 is 1.62 bits per heavy atom. The van der Waals surface area contributed by atoms with Crippen LogP contribution < -0.4 is 0 Å². The first-order valence-corrected chi connectivity index (χ1v) is 5.01. The molecule has 1 aromatic heterocycles. The van der Waals surface area contributed by atoms with E-state index in [1.165, 1.54) is 19.4 Å². The molecule has 0 saturated carbocycles. The molecule has 1 atom stereocenters. The minimum atomic E-state index is 0.508. The molecule has 0 aromatic carbocycles. The van der Waals surface area contributed by atoms with Gasteiger partial charge >= 0.3 is 0 Å². The maximum absolute atomic E-state index is 6.00. The van der Waals surface area contributed by atoms with Gasteiger partial charge in [0.1, 0.15) is 5.15 Å². The first kappa shape index (κ1) is 9.03. The third-order valence-corrected chi connectivity index (χ3v) is 2.90. The van der Waals surface area contributed by atoms with E-state index in [1.54, 1.807) is 6.20 Å². The standard InChI is InChI=1S/C9H14ClN3/c1-12-4-2-3-8(6-12)13-7-11-5-9(13)10/h5,7-8H,2-4,6H2,1H3. The lowest BCUT2D eigenvalue weighted by Gasteiger charge is -2.30. The molecular formula is C9H14ClN3. The summed E-state index contributed by atoms with van der Waals surface area (Å²) < 4.78 is 2.07. The van der Waals surface area contributed by atoms with Crippen LogP contribution in [0.4, 0.5) is 0 Å². The summed E-state index contributed by atoms with van der Waals surface area (Å²) in [5.74, 6) is 0. The van der Waals surface area contributed by atoms with E-state index in [4.69, 9.17) is 11.6 Å². The predicted octanol–water partition coefficient (Wildman–Crippen LogP) is 1.80. The first-order chi connectivity index (χ1) is 6.27. The Hall–Kier alpha value is -0.540. The maximum atomic E-state index is 6.00. The van der Waals surface area contributed by atoms with Gasteiger partial charge in [0.2, 0.25) is 0 Å². The van der Waals surface area contributed by atoms with Crippen molar-refractivity contribution < 1.29 is 0 Å². The van der Waals surface area contributed by atoms with Gasteiger partial charge in [0, 0.05) is 12.6 Å². The van der Waals surface area contributed by atoms with E-state index < -0.39 is 0 Å².